The van der Waals surface area contributed by atoms with Gasteiger partial charge in [0.2, 0.25) is 0 Å². The third kappa shape index (κ3) is 3.06. The molecule has 3 rings (SSSR count). The van der Waals surface area contributed by atoms with Crippen molar-refractivity contribution in [2.45, 2.75) is 58.1 Å². The average Bonchev–Trinajstić information content (AvgIpc) is 2.98. The molecule has 108 valence electrons. The third-order valence-electron chi connectivity index (χ3n) is 4.40. The first-order chi connectivity index (χ1) is 9.51. The van der Waals surface area contributed by atoms with E-state index in [2.05, 4.69) is 35.0 Å². The van der Waals surface area contributed by atoms with Crippen molar-refractivity contribution in [3.05, 3.63) is 36.0 Å². The van der Waals surface area contributed by atoms with Crippen LogP contribution in [0.15, 0.2) is 30.5 Å². The Balaban J connectivity index is 1.82. The highest BCUT2D eigenvalue weighted by atomic mass is 16.3. The Kier molecular flexibility index (Phi) is 3.59. The maximum absolute atomic E-state index is 9.93. The van der Waals surface area contributed by atoms with Gasteiger partial charge < -0.3 is 9.67 Å². The Morgan fingerprint density at radius 1 is 1.20 bits per heavy atom. The zero-order chi connectivity index (χ0) is 14.2. The molecule has 0 aliphatic heterocycles. The molecule has 0 radical (unpaired) electrons. The second kappa shape index (κ2) is 5.25. The number of nitrogens with zero attached hydrogens (tertiary/aromatic N) is 1. The summed E-state index contributed by atoms with van der Waals surface area (Å²) < 4.78 is 2.40. The molecular weight excluding hydrogens is 246 g/mol. The standard InChI is InChI=1S/C18H25NO/c1-18(2,20)12-15-7-8-17-16(11-15)9-10-19(17)13-14-5-3-4-6-14/h7-11,14,20H,3-6,12-13H2,1-2H3. The van der Waals surface area contributed by atoms with Crippen LogP contribution in [-0.4, -0.2) is 15.3 Å². The Labute approximate surface area is 121 Å². The molecule has 1 aromatic carbocycles. The van der Waals surface area contributed by atoms with Gasteiger partial charge in [0.15, 0.2) is 0 Å². The lowest BCUT2D eigenvalue weighted by atomic mass is 9.98. The Morgan fingerprint density at radius 3 is 2.65 bits per heavy atom. The molecule has 0 saturated heterocycles. The first kappa shape index (κ1) is 13.7. The molecule has 1 aromatic heterocycles. The smallest absolute Gasteiger partial charge is 0.0631 e. The average molecular weight is 271 g/mol. The van der Waals surface area contributed by atoms with Crippen LogP contribution in [0.4, 0.5) is 0 Å². The summed E-state index contributed by atoms with van der Waals surface area (Å²) in [5, 5.41) is 11.2. The maximum Gasteiger partial charge on any atom is 0.0631 e. The lowest BCUT2D eigenvalue weighted by molar-refractivity contribution is 0.0810. The van der Waals surface area contributed by atoms with Gasteiger partial charge in [-0.1, -0.05) is 18.9 Å². The molecule has 1 fully saturated rings. The van der Waals surface area contributed by atoms with E-state index in [0.717, 1.165) is 12.5 Å². The predicted molar refractivity (Wildman–Crippen MR) is 83.9 cm³/mol. The molecule has 0 unspecified atom stereocenters. The van der Waals surface area contributed by atoms with Crippen LogP contribution < -0.4 is 0 Å². The summed E-state index contributed by atoms with van der Waals surface area (Å²) in [6.07, 6.45) is 8.50. The lowest BCUT2D eigenvalue weighted by Gasteiger charge is -2.17. The van der Waals surface area contributed by atoms with Crippen molar-refractivity contribution in [2.24, 2.45) is 5.92 Å². The number of aliphatic hydroxyl groups is 1. The summed E-state index contributed by atoms with van der Waals surface area (Å²) in [5.74, 6) is 0.863. The number of rotatable bonds is 4. The van der Waals surface area contributed by atoms with E-state index in [0.29, 0.717) is 6.42 Å². The normalized spacial score (nSPS) is 17.1. The number of fused-ring (bicyclic) bond motifs is 1. The molecule has 1 saturated carbocycles. The molecule has 0 spiro atoms. The second-order valence-corrected chi connectivity index (χ2v) is 7.00. The Morgan fingerprint density at radius 2 is 1.95 bits per heavy atom. The van der Waals surface area contributed by atoms with E-state index in [9.17, 15) is 5.11 Å². The van der Waals surface area contributed by atoms with Crippen LogP contribution in [0.25, 0.3) is 10.9 Å². The third-order valence-corrected chi connectivity index (χ3v) is 4.40. The zero-order valence-corrected chi connectivity index (χ0v) is 12.6. The SMILES string of the molecule is CC(C)(O)Cc1ccc2c(ccn2CC2CCCC2)c1. The van der Waals surface area contributed by atoms with E-state index >= 15 is 0 Å². The highest BCUT2D eigenvalue weighted by molar-refractivity contribution is 5.80. The van der Waals surface area contributed by atoms with Gasteiger partial charge in [0.05, 0.1) is 5.60 Å². The van der Waals surface area contributed by atoms with Crippen molar-refractivity contribution >= 4 is 10.9 Å². The molecule has 1 aliphatic carbocycles. The first-order valence-electron chi connectivity index (χ1n) is 7.81. The molecule has 0 atom stereocenters. The van der Waals surface area contributed by atoms with E-state index < -0.39 is 5.60 Å². The number of hydrogen-bond donors (Lipinski definition) is 1. The summed E-state index contributed by atoms with van der Waals surface area (Å²) in [6.45, 7) is 4.89. The van der Waals surface area contributed by atoms with Gasteiger partial charge in [0.1, 0.15) is 0 Å². The van der Waals surface area contributed by atoms with Gasteiger partial charge in [-0.3, -0.25) is 0 Å². The van der Waals surface area contributed by atoms with Crippen molar-refractivity contribution in [2.75, 3.05) is 0 Å². The largest absolute Gasteiger partial charge is 0.390 e. The van der Waals surface area contributed by atoms with Crippen molar-refractivity contribution in [3.8, 4) is 0 Å². The molecular formula is C18H25NO. The number of benzene rings is 1. The van der Waals surface area contributed by atoms with Crippen LogP contribution in [0.5, 0.6) is 0 Å². The lowest BCUT2D eigenvalue weighted by Crippen LogP contribution is -2.21. The Hall–Kier alpha value is -1.28. The minimum absolute atomic E-state index is 0.639. The molecule has 1 heterocycles. The molecule has 2 nitrogen and oxygen atoms in total. The first-order valence-corrected chi connectivity index (χ1v) is 7.81. The molecule has 1 aliphatic rings. The van der Waals surface area contributed by atoms with Crippen LogP contribution in [-0.2, 0) is 13.0 Å². The number of aromatic nitrogens is 1. The van der Waals surface area contributed by atoms with Gasteiger partial charge >= 0.3 is 0 Å². The summed E-state index contributed by atoms with van der Waals surface area (Å²) in [5.41, 5.74) is 1.90. The predicted octanol–water partition coefficient (Wildman–Crippen LogP) is 4.14. The molecule has 0 bridgehead atoms. The van der Waals surface area contributed by atoms with Crippen LogP contribution in [0.1, 0.15) is 45.1 Å². The monoisotopic (exact) mass is 271 g/mol. The van der Waals surface area contributed by atoms with E-state index in [1.165, 1.54) is 42.1 Å². The van der Waals surface area contributed by atoms with E-state index in [-0.39, 0.29) is 0 Å². The minimum atomic E-state index is -0.639. The van der Waals surface area contributed by atoms with Gasteiger partial charge in [-0.2, -0.15) is 0 Å². The van der Waals surface area contributed by atoms with Crippen LogP contribution in [0, 0.1) is 5.92 Å². The fourth-order valence-electron chi connectivity index (χ4n) is 3.49. The summed E-state index contributed by atoms with van der Waals surface area (Å²) in [4.78, 5) is 0. The van der Waals surface area contributed by atoms with E-state index in [1.54, 1.807) is 0 Å². The molecule has 2 aromatic rings. The molecule has 1 N–H and O–H groups in total. The van der Waals surface area contributed by atoms with Gasteiger partial charge in [-0.15, -0.1) is 0 Å². The molecule has 0 amide bonds. The van der Waals surface area contributed by atoms with Crippen molar-refractivity contribution < 1.29 is 5.11 Å². The fourth-order valence-corrected chi connectivity index (χ4v) is 3.49. The maximum atomic E-state index is 9.93. The highest BCUT2D eigenvalue weighted by Crippen LogP contribution is 2.28. The number of hydrogen-bond acceptors (Lipinski definition) is 1. The molecule has 20 heavy (non-hydrogen) atoms. The van der Waals surface area contributed by atoms with E-state index in [4.69, 9.17) is 0 Å². The minimum Gasteiger partial charge on any atom is -0.390 e. The van der Waals surface area contributed by atoms with Crippen molar-refractivity contribution in [3.63, 3.8) is 0 Å². The summed E-state index contributed by atoms with van der Waals surface area (Å²) in [6, 6.07) is 8.80. The highest BCUT2D eigenvalue weighted by Gasteiger charge is 2.17. The summed E-state index contributed by atoms with van der Waals surface area (Å²) >= 11 is 0. The van der Waals surface area contributed by atoms with Crippen LogP contribution >= 0.6 is 0 Å². The van der Waals surface area contributed by atoms with Gasteiger partial charge in [-0.05, 0) is 61.8 Å². The quantitative estimate of drug-likeness (QED) is 0.888. The fraction of sp³-hybridized carbons (Fsp3) is 0.556. The van der Waals surface area contributed by atoms with Crippen molar-refractivity contribution in [1.29, 1.82) is 0 Å². The Bertz CT molecular complexity index is 585. The van der Waals surface area contributed by atoms with Crippen LogP contribution in [0.3, 0.4) is 0 Å². The second-order valence-electron chi connectivity index (χ2n) is 7.00. The summed E-state index contributed by atoms with van der Waals surface area (Å²) in [7, 11) is 0. The van der Waals surface area contributed by atoms with E-state index in [1.807, 2.05) is 13.8 Å². The van der Waals surface area contributed by atoms with Crippen LogP contribution in [0.2, 0.25) is 0 Å². The van der Waals surface area contributed by atoms with Gasteiger partial charge in [0, 0.05) is 24.7 Å². The zero-order valence-electron chi connectivity index (χ0n) is 12.6. The van der Waals surface area contributed by atoms with Gasteiger partial charge in [0.25, 0.3) is 0 Å². The van der Waals surface area contributed by atoms with Crippen molar-refractivity contribution in [1.82, 2.24) is 4.57 Å². The molecule has 2 heteroatoms. The van der Waals surface area contributed by atoms with Gasteiger partial charge in [-0.25, -0.2) is 0 Å². The topological polar surface area (TPSA) is 25.2 Å².